The minimum atomic E-state index is -4.20. The molecule has 0 saturated carbocycles. The number of rotatable bonds is 13. The van der Waals surface area contributed by atoms with Crippen molar-refractivity contribution in [1.82, 2.24) is 0 Å². The molecule has 0 bridgehead atoms. The van der Waals surface area contributed by atoms with Crippen molar-refractivity contribution in [2.24, 2.45) is 11.8 Å². The molecular weight excluding hydrogens is 541 g/mol. The lowest BCUT2D eigenvalue weighted by molar-refractivity contribution is 0.0604. The highest BCUT2D eigenvalue weighted by atomic mass is 32.2. The van der Waals surface area contributed by atoms with Crippen LogP contribution in [0.1, 0.15) is 27.7 Å². The molecule has 1 saturated heterocycles. The van der Waals surface area contributed by atoms with E-state index < -0.39 is 38.5 Å². The van der Waals surface area contributed by atoms with Gasteiger partial charge in [0.1, 0.15) is 18.3 Å². The Balaban J connectivity index is 1.93. The van der Waals surface area contributed by atoms with Crippen LogP contribution in [0.15, 0.2) is 70.5 Å². The van der Waals surface area contributed by atoms with Crippen molar-refractivity contribution in [1.29, 1.82) is 0 Å². The Kier molecular flexibility index (Phi) is 10.7. The fraction of sp³-hybridized carbons (Fsp3) is 0.520. The zero-order chi connectivity index (χ0) is 26.3. The van der Waals surface area contributed by atoms with Crippen LogP contribution in [-0.4, -0.2) is 57.8 Å². The molecule has 0 N–H and O–H groups in total. The second-order valence-corrected chi connectivity index (χ2v) is 15.1. The van der Waals surface area contributed by atoms with Gasteiger partial charge in [0.05, 0.1) is 21.0 Å². The van der Waals surface area contributed by atoms with Gasteiger partial charge in [0, 0.05) is 0 Å². The SMILES string of the molecule is CC(C)CSC(SCC(C)C)[C@H]1OC[C@@H](OS(=O)(=O)c2ccccc2)[C@H]1OS(=O)(=O)c1ccccc1. The Morgan fingerprint density at radius 3 is 1.67 bits per heavy atom. The summed E-state index contributed by atoms with van der Waals surface area (Å²) in [6.07, 6.45) is -2.95. The first-order chi connectivity index (χ1) is 17.0. The van der Waals surface area contributed by atoms with Crippen LogP contribution in [0.4, 0.5) is 0 Å². The summed E-state index contributed by atoms with van der Waals surface area (Å²) >= 11 is 3.34. The van der Waals surface area contributed by atoms with Gasteiger partial charge in [-0.25, -0.2) is 0 Å². The van der Waals surface area contributed by atoms with E-state index >= 15 is 0 Å². The van der Waals surface area contributed by atoms with E-state index in [4.69, 9.17) is 13.1 Å². The molecule has 1 aliphatic heterocycles. The Hall–Kier alpha value is -1.08. The number of hydrogen-bond donors (Lipinski definition) is 0. The van der Waals surface area contributed by atoms with Crippen molar-refractivity contribution in [3.05, 3.63) is 60.7 Å². The lowest BCUT2D eigenvalue weighted by Gasteiger charge is -2.29. The van der Waals surface area contributed by atoms with Gasteiger partial charge >= 0.3 is 0 Å². The molecule has 0 radical (unpaired) electrons. The van der Waals surface area contributed by atoms with Gasteiger partial charge in [-0.15, -0.1) is 23.5 Å². The highest BCUT2D eigenvalue weighted by Crippen LogP contribution is 2.39. The molecule has 1 heterocycles. The number of thioether (sulfide) groups is 2. The van der Waals surface area contributed by atoms with Crippen LogP contribution in [-0.2, 0) is 33.3 Å². The van der Waals surface area contributed by atoms with Crippen molar-refractivity contribution in [3.8, 4) is 0 Å². The molecule has 0 amide bonds. The molecule has 3 atom stereocenters. The predicted octanol–water partition coefficient (Wildman–Crippen LogP) is 5.04. The van der Waals surface area contributed by atoms with Crippen LogP contribution in [0.3, 0.4) is 0 Å². The molecule has 11 heteroatoms. The van der Waals surface area contributed by atoms with E-state index in [-0.39, 0.29) is 21.0 Å². The first kappa shape index (κ1) is 29.5. The van der Waals surface area contributed by atoms with Crippen LogP contribution in [0.25, 0.3) is 0 Å². The second-order valence-electron chi connectivity index (χ2n) is 9.35. The number of benzene rings is 2. The Morgan fingerprint density at radius 2 is 1.22 bits per heavy atom. The fourth-order valence-electron chi connectivity index (χ4n) is 3.45. The Morgan fingerprint density at radius 1 is 0.778 bits per heavy atom. The normalized spacial score (nSPS) is 21.0. The van der Waals surface area contributed by atoms with Crippen LogP contribution in [0.2, 0.25) is 0 Å². The summed E-state index contributed by atoms with van der Waals surface area (Å²) in [6, 6.07) is 15.5. The minimum absolute atomic E-state index is 0.0125. The van der Waals surface area contributed by atoms with E-state index in [0.717, 1.165) is 11.5 Å². The molecule has 0 spiro atoms. The third-order valence-electron chi connectivity index (χ3n) is 5.15. The van der Waals surface area contributed by atoms with Gasteiger partial charge in [0.15, 0.2) is 0 Å². The lowest BCUT2D eigenvalue weighted by atomic mass is 10.2. The van der Waals surface area contributed by atoms with Gasteiger partial charge in [-0.3, -0.25) is 8.37 Å². The third-order valence-corrected chi connectivity index (χ3v) is 11.6. The van der Waals surface area contributed by atoms with Gasteiger partial charge in [-0.2, -0.15) is 16.8 Å². The van der Waals surface area contributed by atoms with E-state index in [0.29, 0.717) is 11.8 Å². The van der Waals surface area contributed by atoms with Crippen LogP contribution < -0.4 is 0 Å². The number of hydrogen-bond acceptors (Lipinski definition) is 9. The Labute approximate surface area is 223 Å². The molecule has 1 aliphatic rings. The average Bonchev–Trinajstić information content (AvgIpc) is 3.20. The zero-order valence-corrected chi connectivity index (χ0v) is 24.1. The molecule has 36 heavy (non-hydrogen) atoms. The quantitative estimate of drug-likeness (QED) is 0.241. The Bertz CT molecular complexity index is 1140. The molecule has 2 aromatic rings. The maximum absolute atomic E-state index is 13.2. The van der Waals surface area contributed by atoms with Crippen molar-refractivity contribution in [2.75, 3.05) is 18.1 Å². The van der Waals surface area contributed by atoms with Crippen molar-refractivity contribution in [2.45, 2.75) is 60.4 Å². The molecule has 0 aliphatic carbocycles. The van der Waals surface area contributed by atoms with Gasteiger partial charge in [0.2, 0.25) is 0 Å². The van der Waals surface area contributed by atoms with Crippen molar-refractivity contribution >= 4 is 43.8 Å². The summed E-state index contributed by atoms with van der Waals surface area (Å²) in [6.45, 7) is 8.34. The van der Waals surface area contributed by atoms with Crippen molar-refractivity contribution < 1.29 is 29.9 Å². The molecule has 0 unspecified atom stereocenters. The van der Waals surface area contributed by atoms with Gasteiger partial charge in [0.25, 0.3) is 20.2 Å². The van der Waals surface area contributed by atoms with E-state index in [9.17, 15) is 16.8 Å². The van der Waals surface area contributed by atoms with Gasteiger partial charge < -0.3 is 4.74 Å². The molecule has 1 fully saturated rings. The second kappa shape index (κ2) is 13.1. The summed E-state index contributed by atoms with van der Waals surface area (Å²) in [7, 11) is -8.37. The summed E-state index contributed by atoms with van der Waals surface area (Å²) in [5.41, 5.74) is 0. The van der Waals surface area contributed by atoms with Crippen LogP contribution in [0, 0.1) is 11.8 Å². The van der Waals surface area contributed by atoms with Gasteiger partial charge in [-0.05, 0) is 47.6 Å². The molecule has 3 rings (SSSR count). The summed E-state index contributed by atoms with van der Waals surface area (Å²) in [5.74, 6) is 2.50. The standard InChI is InChI=1S/C25H34O7S4/c1-18(2)16-33-25(34-17-19(3)4)24-23(32-36(28,29)21-13-9-6-10-14-21)22(15-30-24)31-35(26,27)20-11-7-5-8-12-20/h5-14,18-19,22-25H,15-17H2,1-4H3/t22-,23-,24+/m1/s1. The zero-order valence-electron chi connectivity index (χ0n) is 20.8. The molecule has 2 aromatic carbocycles. The molecule has 7 nitrogen and oxygen atoms in total. The molecule has 200 valence electrons. The first-order valence-electron chi connectivity index (χ1n) is 11.8. The number of ether oxygens (including phenoxy) is 1. The van der Waals surface area contributed by atoms with E-state index in [1.165, 1.54) is 24.3 Å². The van der Waals surface area contributed by atoms with E-state index in [2.05, 4.69) is 27.7 Å². The highest BCUT2D eigenvalue weighted by molar-refractivity contribution is 8.17. The van der Waals surface area contributed by atoms with E-state index in [1.54, 1.807) is 59.9 Å². The first-order valence-corrected chi connectivity index (χ1v) is 16.7. The van der Waals surface area contributed by atoms with Gasteiger partial charge in [-0.1, -0.05) is 64.1 Å². The topological polar surface area (TPSA) is 96.0 Å². The van der Waals surface area contributed by atoms with Crippen LogP contribution in [0.5, 0.6) is 0 Å². The van der Waals surface area contributed by atoms with Crippen molar-refractivity contribution in [3.63, 3.8) is 0 Å². The van der Waals surface area contributed by atoms with Crippen LogP contribution >= 0.6 is 23.5 Å². The monoisotopic (exact) mass is 574 g/mol. The minimum Gasteiger partial charge on any atom is -0.370 e. The maximum atomic E-state index is 13.2. The third kappa shape index (κ3) is 8.21. The highest BCUT2D eigenvalue weighted by Gasteiger charge is 2.48. The predicted molar refractivity (Wildman–Crippen MR) is 145 cm³/mol. The van der Waals surface area contributed by atoms with E-state index in [1.807, 2.05) is 0 Å². The largest absolute Gasteiger partial charge is 0.370 e. The molecule has 0 aromatic heterocycles. The summed E-state index contributed by atoms with van der Waals surface area (Å²) < 4.78 is 69.5. The fourth-order valence-corrected chi connectivity index (χ4v) is 8.52. The smallest absolute Gasteiger partial charge is 0.297 e. The summed E-state index contributed by atoms with van der Waals surface area (Å²) in [4.78, 5) is -0.0282. The average molecular weight is 575 g/mol. The summed E-state index contributed by atoms with van der Waals surface area (Å²) in [5, 5.41) is 0. The maximum Gasteiger partial charge on any atom is 0.297 e. The molecular formula is C25H34O7S4. The lowest BCUT2D eigenvalue weighted by Crippen LogP contribution is -2.42.